The molecule has 10 aromatic rings. The third-order valence-electron chi connectivity index (χ3n) is 9.02. The Labute approximate surface area is 256 Å². The van der Waals surface area contributed by atoms with Crippen LogP contribution in [-0.2, 0) is 0 Å². The Kier molecular flexibility index (Phi) is 4.87. The van der Waals surface area contributed by atoms with E-state index in [1.165, 1.54) is 5.39 Å². The molecule has 7 nitrogen and oxygen atoms in total. The van der Waals surface area contributed by atoms with Crippen molar-refractivity contribution in [3.8, 4) is 33.8 Å². The number of nitrogens with zero attached hydrogens (tertiary/aromatic N) is 5. The Bertz CT molecular complexity index is 2730. The van der Waals surface area contributed by atoms with E-state index in [1.807, 2.05) is 29.2 Å². The van der Waals surface area contributed by atoms with Crippen LogP contribution in [0.2, 0.25) is 0 Å². The zero-order valence-electron chi connectivity index (χ0n) is 24.0. The van der Waals surface area contributed by atoms with Gasteiger partial charge in [-0.1, -0.05) is 60.7 Å². The Balaban J connectivity index is 1.42. The zero-order chi connectivity index (χ0) is 29.5. The van der Waals surface area contributed by atoms with E-state index >= 15 is 0 Å². The summed E-state index contributed by atoms with van der Waals surface area (Å²) in [4.78, 5) is 11.7. The summed E-state index contributed by atoms with van der Waals surface area (Å²) >= 11 is 0. The van der Waals surface area contributed by atoms with Crippen molar-refractivity contribution in [1.82, 2.24) is 33.7 Å². The number of nitrogens with one attached hydrogen (secondary N) is 2. The molecule has 0 bridgehead atoms. The van der Waals surface area contributed by atoms with Crippen molar-refractivity contribution in [1.29, 1.82) is 0 Å². The fourth-order valence-corrected chi connectivity index (χ4v) is 7.00. The number of imidazole rings is 1. The first-order chi connectivity index (χ1) is 22.3. The normalized spacial score (nSPS) is 12.0. The van der Waals surface area contributed by atoms with Gasteiger partial charge in [-0.25, -0.2) is 9.50 Å². The van der Waals surface area contributed by atoms with E-state index in [9.17, 15) is 0 Å². The van der Waals surface area contributed by atoms with E-state index in [0.717, 1.165) is 77.6 Å². The molecule has 4 aromatic carbocycles. The lowest BCUT2D eigenvalue weighted by atomic mass is 9.95. The molecule has 7 heteroatoms. The van der Waals surface area contributed by atoms with Crippen molar-refractivity contribution < 1.29 is 0 Å². The number of hydrogen-bond acceptors (Lipinski definition) is 2. The highest BCUT2D eigenvalue weighted by Crippen LogP contribution is 2.44. The molecule has 0 amide bonds. The summed E-state index contributed by atoms with van der Waals surface area (Å²) in [5.41, 5.74) is 11.7. The highest BCUT2D eigenvalue weighted by atomic mass is 15.3. The van der Waals surface area contributed by atoms with Crippen LogP contribution in [0, 0.1) is 0 Å². The second-order valence-electron chi connectivity index (χ2n) is 11.4. The molecule has 0 unspecified atom stereocenters. The number of benzene rings is 4. The van der Waals surface area contributed by atoms with E-state index in [-0.39, 0.29) is 0 Å². The minimum absolute atomic E-state index is 0.827. The summed E-state index contributed by atoms with van der Waals surface area (Å²) in [7, 11) is 0. The monoisotopic (exact) mass is 579 g/mol. The lowest BCUT2D eigenvalue weighted by Crippen LogP contribution is -2.00. The predicted octanol–water partition coefficient (Wildman–Crippen LogP) is 8.91. The molecule has 0 spiro atoms. The van der Waals surface area contributed by atoms with E-state index < -0.39 is 0 Å². The lowest BCUT2D eigenvalue weighted by molar-refractivity contribution is 0.904. The summed E-state index contributed by atoms with van der Waals surface area (Å²) in [5.74, 6) is 0.827. The van der Waals surface area contributed by atoms with Gasteiger partial charge in [0.2, 0.25) is 0 Å². The van der Waals surface area contributed by atoms with Gasteiger partial charge in [-0.3, -0.25) is 4.57 Å². The maximum Gasteiger partial charge on any atom is 0.169 e. The zero-order valence-corrected chi connectivity index (χ0v) is 24.0. The number of aromatic nitrogens is 7. The molecule has 0 radical (unpaired) electrons. The summed E-state index contributed by atoms with van der Waals surface area (Å²) in [6.07, 6.45) is 10.3. The quantitative estimate of drug-likeness (QED) is 0.219. The van der Waals surface area contributed by atoms with E-state index in [2.05, 4.69) is 135 Å². The van der Waals surface area contributed by atoms with Gasteiger partial charge in [0.25, 0.3) is 0 Å². The van der Waals surface area contributed by atoms with Crippen LogP contribution in [-0.4, -0.2) is 33.7 Å². The molecular weight excluding hydrogens is 554 g/mol. The van der Waals surface area contributed by atoms with Gasteiger partial charge in [0.15, 0.2) is 5.82 Å². The van der Waals surface area contributed by atoms with Gasteiger partial charge < -0.3 is 14.5 Å². The standard InChI is InChI=1S/C38H25N7/c1-5-14-32-24(8-1)17-20-43(32)34-18-21-45-37(35(34)28-22-40-30-11-3-2-9-25(28)30)36(27-10-7-13-29-26(27)16-19-39-29)38(42-45)44-23-41-31-12-4-6-15-33(31)44/h1-23,39-40H. The van der Waals surface area contributed by atoms with Crippen LogP contribution in [0.15, 0.2) is 140 Å². The van der Waals surface area contributed by atoms with Crippen molar-refractivity contribution in [3.63, 3.8) is 0 Å². The molecule has 45 heavy (non-hydrogen) atoms. The molecule has 6 heterocycles. The Hall–Kier alpha value is -6.34. The van der Waals surface area contributed by atoms with Gasteiger partial charge in [0.05, 0.1) is 33.3 Å². The largest absolute Gasteiger partial charge is 0.361 e. The van der Waals surface area contributed by atoms with Gasteiger partial charge in [-0.2, -0.15) is 0 Å². The molecule has 0 aliphatic rings. The Morgan fingerprint density at radius 1 is 0.578 bits per heavy atom. The highest BCUT2D eigenvalue weighted by molar-refractivity contribution is 6.10. The number of para-hydroxylation sites is 4. The first-order valence-electron chi connectivity index (χ1n) is 15.0. The van der Waals surface area contributed by atoms with Gasteiger partial charge in [-0.15, -0.1) is 5.10 Å². The van der Waals surface area contributed by atoms with Crippen LogP contribution >= 0.6 is 0 Å². The molecule has 0 aliphatic heterocycles. The average molecular weight is 580 g/mol. The summed E-state index contributed by atoms with van der Waals surface area (Å²) in [6, 6.07) is 38.2. The predicted molar refractivity (Wildman–Crippen MR) is 181 cm³/mol. The fraction of sp³-hybridized carbons (Fsp3) is 0. The first kappa shape index (κ1) is 24.1. The molecule has 10 rings (SSSR count). The molecule has 0 fully saturated rings. The van der Waals surface area contributed by atoms with Crippen LogP contribution in [0.25, 0.3) is 83.0 Å². The molecule has 212 valence electrons. The lowest BCUT2D eigenvalue weighted by Gasteiger charge is -2.16. The minimum atomic E-state index is 0.827. The maximum absolute atomic E-state index is 5.32. The molecule has 0 saturated carbocycles. The molecule has 0 aliphatic carbocycles. The van der Waals surface area contributed by atoms with Gasteiger partial charge in [-0.05, 0) is 59.5 Å². The van der Waals surface area contributed by atoms with Crippen molar-refractivity contribution >= 4 is 49.3 Å². The molecule has 6 aromatic heterocycles. The summed E-state index contributed by atoms with van der Waals surface area (Å²) in [6.45, 7) is 0. The number of pyridine rings is 1. The van der Waals surface area contributed by atoms with Crippen LogP contribution in [0.3, 0.4) is 0 Å². The maximum atomic E-state index is 5.32. The third kappa shape index (κ3) is 3.40. The molecule has 0 saturated heterocycles. The third-order valence-corrected chi connectivity index (χ3v) is 9.02. The van der Waals surface area contributed by atoms with E-state index in [0.29, 0.717) is 0 Å². The highest BCUT2D eigenvalue weighted by Gasteiger charge is 2.26. The number of hydrogen-bond donors (Lipinski definition) is 2. The topological polar surface area (TPSA) is 71.6 Å². The van der Waals surface area contributed by atoms with Gasteiger partial charge >= 0.3 is 0 Å². The van der Waals surface area contributed by atoms with Crippen LogP contribution in [0.4, 0.5) is 0 Å². The van der Waals surface area contributed by atoms with Crippen molar-refractivity contribution in [2.45, 2.75) is 0 Å². The summed E-state index contributed by atoms with van der Waals surface area (Å²) in [5, 5.41) is 8.81. The number of aromatic amines is 2. The SMILES string of the molecule is c1ccc2c(c1)ccn2-c1ccn2nc(-n3cnc4ccccc43)c(-c3cccc4[nH]ccc34)c2c1-c1c[nH]c2ccccc12. The van der Waals surface area contributed by atoms with Crippen LogP contribution in [0.5, 0.6) is 0 Å². The number of H-pyrrole nitrogens is 2. The molecular formula is C38H25N7. The van der Waals surface area contributed by atoms with E-state index in [4.69, 9.17) is 10.1 Å². The van der Waals surface area contributed by atoms with Gasteiger partial charge in [0.1, 0.15) is 6.33 Å². The van der Waals surface area contributed by atoms with E-state index in [1.54, 1.807) is 0 Å². The second-order valence-corrected chi connectivity index (χ2v) is 11.4. The first-order valence-corrected chi connectivity index (χ1v) is 15.0. The van der Waals surface area contributed by atoms with Crippen LogP contribution in [0.1, 0.15) is 0 Å². The smallest absolute Gasteiger partial charge is 0.169 e. The van der Waals surface area contributed by atoms with Crippen molar-refractivity contribution in [3.05, 3.63) is 140 Å². The molecule has 2 N–H and O–H groups in total. The van der Waals surface area contributed by atoms with Gasteiger partial charge in [0, 0.05) is 57.7 Å². The van der Waals surface area contributed by atoms with Crippen molar-refractivity contribution in [2.24, 2.45) is 0 Å². The van der Waals surface area contributed by atoms with Crippen molar-refractivity contribution in [2.75, 3.05) is 0 Å². The van der Waals surface area contributed by atoms with Crippen LogP contribution < -0.4 is 0 Å². The number of fused-ring (bicyclic) bond motifs is 5. The second kappa shape index (κ2) is 9.08. The Morgan fingerprint density at radius 2 is 1.38 bits per heavy atom. The average Bonchev–Trinajstić information content (AvgIpc) is 3.92. The minimum Gasteiger partial charge on any atom is -0.361 e. The number of rotatable bonds is 4. The Morgan fingerprint density at radius 3 is 2.36 bits per heavy atom. The fourth-order valence-electron chi connectivity index (χ4n) is 7.00. The summed E-state index contributed by atoms with van der Waals surface area (Å²) < 4.78 is 6.45. The molecule has 0 atom stereocenters.